The van der Waals surface area contributed by atoms with Gasteiger partial charge in [-0.25, -0.2) is 0 Å². The molecule has 1 aliphatic carbocycles. The molecule has 222 valence electrons. The highest BCUT2D eigenvalue weighted by molar-refractivity contribution is 4.92. The molecule has 37 heavy (non-hydrogen) atoms. The van der Waals surface area contributed by atoms with Crippen LogP contribution in [0.3, 0.4) is 0 Å². The molecule has 0 bridgehead atoms. The van der Waals surface area contributed by atoms with E-state index in [-0.39, 0.29) is 0 Å². The first-order valence-corrected chi connectivity index (χ1v) is 17.9. The van der Waals surface area contributed by atoms with Crippen molar-refractivity contribution >= 4 is 0 Å². The molecule has 1 nitrogen and oxygen atoms in total. The Hall–Kier alpha value is -0.0400. The molecule has 0 heterocycles. The van der Waals surface area contributed by atoms with Crippen molar-refractivity contribution < 1.29 is 0 Å². The van der Waals surface area contributed by atoms with E-state index in [0.29, 0.717) is 5.54 Å². The molecule has 1 atom stereocenters. The summed E-state index contributed by atoms with van der Waals surface area (Å²) in [6.45, 7) is 12.2. The van der Waals surface area contributed by atoms with Crippen LogP contribution in [0.15, 0.2) is 0 Å². The molecule has 0 aromatic heterocycles. The lowest BCUT2D eigenvalue weighted by atomic mass is 9.74. The van der Waals surface area contributed by atoms with E-state index in [1.165, 1.54) is 193 Å². The molecule has 1 heteroatoms. The Morgan fingerprint density at radius 1 is 0.459 bits per heavy atom. The molecule has 0 spiro atoms. The minimum atomic E-state index is 0.428. The molecule has 0 radical (unpaired) electrons. The van der Waals surface area contributed by atoms with E-state index >= 15 is 0 Å². The second kappa shape index (κ2) is 25.0. The zero-order valence-corrected chi connectivity index (χ0v) is 26.7. The maximum atomic E-state index is 2.84. The Morgan fingerprint density at radius 2 is 0.784 bits per heavy atom. The number of nitrogens with zero attached hydrogens (tertiary/aromatic N) is 1. The van der Waals surface area contributed by atoms with Crippen molar-refractivity contribution in [2.75, 3.05) is 13.1 Å². The highest BCUT2D eigenvalue weighted by atomic mass is 15.2. The van der Waals surface area contributed by atoms with E-state index in [0.717, 1.165) is 5.92 Å². The summed E-state index contributed by atoms with van der Waals surface area (Å²) in [6, 6.07) is 0. The van der Waals surface area contributed by atoms with Crippen LogP contribution in [0, 0.1) is 5.92 Å². The van der Waals surface area contributed by atoms with Crippen molar-refractivity contribution in [3.8, 4) is 0 Å². The van der Waals surface area contributed by atoms with Gasteiger partial charge in [0.15, 0.2) is 0 Å². The number of rotatable bonds is 23. The first-order valence-electron chi connectivity index (χ1n) is 17.9. The fraction of sp³-hybridized carbons (Fsp3) is 1.00. The van der Waals surface area contributed by atoms with Crippen molar-refractivity contribution in [1.82, 2.24) is 4.90 Å². The molecule has 0 amide bonds. The van der Waals surface area contributed by atoms with Crippen LogP contribution in [0.4, 0.5) is 0 Å². The average molecular weight is 520 g/mol. The van der Waals surface area contributed by atoms with Crippen LogP contribution in [0.25, 0.3) is 0 Å². The zero-order valence-electron chi connectivity index (χ0n) is 26.7. The molecule has 1 rings (SSSR count). The van der Waals surface area contributed by atoms with Gasteiger partial charge in [0, 0.05) is 5.54 Å². The largest absolute Gasteiger partial charge is 0.298 e. The zero-order chi connectivity index (χ0) is 26.9. The number of hydrogen-bond donors (Lipinski definition) is 0. The van der Waals surface area contributed by atoms with E-state index in [1.807, 2.05) is 0 Å². The van der Waals surface area contributed by atoms with Crippen LogP contribution >= 0.6 is 0 Å². The highest BCUT2D eigenvalue weighted by Crippen LogP contribution is 2.38. The van der Waals surface area contributed by atoms with Crippen LogP contribution in [0.2, 0.25) is 0 Å². The summed E-state index contributed by atoms with van der Waals surface area (Å²) in [5.41, 5.74) is 0.428. The predicted octanol–water partition coefficient (Wildman–Crippen LogP) is 12.7. The van der Waals surface area contributed by atoms with Gasteiger partial charge in [-0.3, -0.25) is 4.90 Å². The molecule has 1 aliphatic rings. The van der Waals surface area contributed by atoms with Gasteiger partial charge in [-0.1, -0.05) is 181 Å². The predicted molar refractivity (Wildman–Crippen MR) is 170 cm³/mol. The maximum Gasteiger partial charge on any atom is 0.0209 e. The fourth-order valence-corrected chi connectivity index (χ4v) is 7.38. The Balaban J connectivity index is 2.12. The number of unbranched alkanes of at least 4 members (excludes halogenated alkanes) is 17. The lowest BCUT2D eigenvalue weighted by Gasteiger charge is -2.47. The summed E-state index contributed by atoms with van der Waals surface area (Å²) in [6.07, 6.45) is 41.2. The number of hydrogen-bond acceptors (Lipinski definition) is 1. The maximum absolute atomic E-state index is 2.84. The van der Waals surface area contributed by atoms with Crippen LogP contribution in [0.1, 0.15) is 207 Å². The molecule has 0 aromatic carbocycles. The van der Waals surface area contributed by atoms with Crippen molar-refractivity contribution in [2.24, 2.45) is 5.92 Å². The smallest absolute Gasteiger partial charge is 0.0209 e. The molecule has 0 N–H and O–H groups in total. The molecule has 0 aliphatic heterocycles. The second-order valence-electron chi connectivity index (χ2n) is 13.0. The topological polar surface area (TPSA) is 3.24 Å². The summed E-state index contributed by atoms with van der Waals surface area (Å²) < 4.78 is 0. The average Bonchev–Trinajstić information content (AvgIpc) is 2.91. The molecular formula is C36H73N. The first kappa shape index (κ1) is 35.0. The van der Waals surface area contributed by atoms with E-state index in [9.17, 15) is 0 Å². The molecule has 1 unspecified atom stereocenters. The van der Waals surface area contributed by atoms with E-state index in [2.05, 4.69) is 32.6 Å². The van der Waals surface area contributed by atoms with Gasteiger partial charge < -0.3 is 0 Å². The van der Waals surface area contributed by atoms with Crippen LogP contribution < -0.4 is 0 Å². The normalized spacial score (nSPS) is 17.8. The summed E-state index contributed by atoms with van der Waals surface area (Å²) in [5.74, 6) is 0.913. The monoisotopic (exact) mass is 520 g/mol. The van der Waals surface area contributed by atoms with Crippen LogP contribution in [0.5, 0.6) is 0 Å². The van der Waals surface area contributed by atoms with Gasteiger partial charge in [-0.15, -0.1) is 0 Å². The Labute approximate surface area is 236 Å². The van der Waals surface area contributed by atoms with Gasteiger partial charge in [0.05, 0.1) is 0 Å². The van der Waals surface area contributed by atoms with Crippen molar-refractivity contribution in [3.05, 3.63) is 0 Å². The standard InChI is InChI=1S/C36H73N/c1-5-8-9-10-11-12-13-14-15-16-17-18-19-20-21-25-28-31-34-36(4,37(6-2)7-3)35-32-29-26-23-22-24-27-30-33-35/h35H,5-34H2,1-4H3. The quantitative estimate of drug-likeness (QED) is 0.121. The highest BCUT2D eigenvalue weighted by Gasteiger charge is 2.37. The molecule has 0 saturated heterocycles. The van der Waals surface area contributed by atoms with Gasteiger partial charge >= 0.3 is 0 Å². The van der Waals surface area contributed by atoms with Gasteiger partial charge in [0.25, 0.3) is 0 Å². The van der Waals surface area contributed by atoms with Crippen molar-refractivity contribution in [2.45, 2.75) is 213 Å². The van der Waals surface area contributed by atoms with E-state index in [4.69, 9.17) is 0 Å². The Bertz CT molecular complexity index is 446. The van der Waals surface area contributed by atoms with Crippen molar-refractivity contribution in [1.29, 1.82) is 0 Å². The molecule has 1 saturated carbocycles. The minimum absolute atomic E-state index is 0.428. The third-order valence-corrected chi connectivity index (χ3v) is 10.0. The molecular weight excluding hydrogens is 446 g/mol. The van der Waals surface area contributed by atoms with E-state index in [1.54, 1.807) is 0 Å². The second-order valence-corrected chi connectivity index (χ2v) is 13.0. The van der Waals surface area contributed by atoms with Crippen LogP contribution in [-0.2, 0) is 0 Å². The van der Waals surface area contributed by atoms with Gasteiger partial charge in [0.1, 0.15) is 0 Å². The van der Waals surface area contributed by atoms with Gasteiger partial charge in [-0.05, 0) is 45.2 Å². The summed E-state index contributed by atoms with van der Waals surface area (Å²) in [5, 5.41) is 0. The first-order chi connectivity index (χ1) is 18.2. The third-order valence-electron chi connectivity index (χ3n) is 10.0. The molecule has 0 aromatic rings. The fourth-order valence-electron chi connectivity index (χ4n) is 7.38. The lowest BCUT2D eigenvalue weighted by molar-refractivity contribution is 0.0331. The SMILES string of the molecule is CCCCCCCCCCCCCCCCCCCCC(C)(C1CCCCCCCCC1)N(CC)CC. The van der Waals surface area contributed by atoms with Gasteiger partial charge in [-0.2, -0.15) is 0 Å². The third kappa shape index (κ3) is 17.3. The Morgan fingerprint density at radius 3 is 1.14 bits per heavy atom. The van der Waals surface area contributed by atoms with Crippen LogP contribution in [-0.4, -0.2) is 23.5 Å². The summed E-state index contributed by atoms with van der Waals surface area (Å²) >= 11 is 0. The summed E-state index contributed by atoms with van der Waals surface area (Å²) in [7, 11) is 0. The Kier molecular flexibility index (Phi) is 23.6. The van der Waals surface area contributed by atoms with Gasteiger partial charge in [0.2, 0.25) is 0 Å². The molecule has 1 fully saturated rings. The summed E-state index contributed by atoms with van der Waals surface area (Å²) in [4.78, 5) is 2.84. The van der Waals surface area contributed by atoms with E-state index < -0.39 is 0 Å². The van der Waals surface area contributed by atoms with Crippen molar-refractivity contribution in [3.63, 3.8) is 0 Å². The minimum Gasteiger partial charge on any atom is -0.298 e. The lowest BCUT2D eigenvalue weighted by Crippen LogP contribution is -2.51.